The van der Waals surface area contributed by atoms with E-state index in [1.807, 2.05) is 6.92 Å². The Labute approximate surface area is 128 Å². The fourth-order valence-corrected chi connectivity index (χ4v) is 2.13. The Morgan fingerprint density at radius 3 is 3.00 bits per heavy atom. The van der Waals surface area contributed by atoms with Crippen LogP contribution in [0.5, 0.6) is 5.75 Å². The highest BCUT2D eigenvalue weighted by Crippen LogP contribution is 2.20. The molecule has 0 amide bonds. The number of nitrogens with zero attached hydrogens (tertiary/aromatic N) is 5. The van der Waals surface area contributed by atoms with Gasteiger partial charge in [-0.1, -0.05) is 15.9 Å². The summed E-state index contributed by atoms with van der Waals surface area (Å²) in [4.78, 5) is 0. The van der Waals surface area contributed by atoms with Crippen LogP contribution in [0.2, 0.25) is 0 Å². The Hall–Kier alpha value is -2.48. The molecule has 8 heteroatoms. The van der Waals surface area contributed by atoms with Gasteiger partial charge in [0.1, 0.15) is 5.75 Å². The van der Waals surface area contributed by atoms with Gasteiger partial charge in [-0.2, -0.15) is 9.62 Å². The number of halogens is 1. The minimum absolute atomic E-state index is 0.154. The van der Waals surface area contributed by atoms with Crippen molar-refractivity contribution in [3.05, 3.63) is 46.2 Å². The maximum atomic E-state index is 9.71. The summed E-state index contributed by atoms with van der Waals surface area (Å²) in [7, 11) is 0. The summed E-state index contributed by atoms with van der Waals surface area (Å²) >= 11 is 3.34. The summed E-state index contributed by atoms with van der Waals surface area (Å²) in [5.41, 5.74) is 4.07. The van der Waals surface area contributed by atoms with Gasteiger partial charge in [0.15, 0.2) is 17.3 Å². The predicted octanol–water partition coefficient (Wildman–Crippen LogP) is 2.35. The molecule has 1 aromatic carbocycles. The smallest absolute Gasteiger partial charge is 0.178 e. The molecule has 2 N–H and O–H groups in total. The van der Waals surface area contributed by atoms with Gasteiger partial charge in [0, 0.05) is 10.0 Å². The molecule has 0 fully saturated rings. The van der Waals surface area contributed by atoms with E-state index in [1.54, 1.807) is 34.8 Å². The van der Waals surface area contributed by atoms with Crippen LogP contribution in [0.4, 0.5) is 5.82 Å². The normalized spacial score (nSPS) is 11.3. The van der Waals surface area contributed by atoms with Crippen LogP contribution in [-0.4, -0.2) is 31.1 Å². The highest BCUT2D eigenvalue weighted by Gasteiger charge is 2.03. The average Bonchev–Trinajstić information content (AvgIpc) is 2.84. The van der Waals surface area contributed by atoms with Crippen LogP contribution in [-0.2, 0) is 0 Å². The molecule has 0 aliphatic heterocycles. The van der Waals surface area contributed by atoms with Crippen molar-refractivity contribution in [3.63, 3.8) is 0 Å². The first kappa shape index (κ1) is 13.5. The first-order valence-corrected chi connectivity index (χ1v) is 6.89. The van der Waals surface area contributed by atoms with E-state index in [0.717, 1.165) is 4.47 Å². The van der Waals surface area contributed by atoms with Crippen molar-refractivity contribution in [1.82, 2.24) is 19.8 Å². The first-order valence-electron chi connectivity index (χ1n) is 6.10. The standard InChI is InChI=1S/C13H11BrN6O/c1-8-16-18-13-5-4-12(19-20(8)13)17-15-7-9-6-10(14)2-3-11(9)21/h2-7,21H,1H3,(H,17,19)/b15-7-. The second-order valence-electron chi connectivity index (χ2n) is 4.31. The Morgan fingerprint density at radius 2 is 2.14 bits per heavy atom. The zero-order valence-electron chi connectivity index (χ0n) is 11.0. The number of aromatic hydroxyl groups is 1. The topological polar surface area (TPSA) is 87.7 Å². The van der Waals surface area contributed by atoms with E-state index in [1.165, 1.54) is 6.21 Å². The van der Waals surface area contributed by atoms with Crippen molar-refractivity contribution in [2.75, 3.05) is 5.43 Å². The lowest BCUT2D eigenvalue weighted by Gasteiger charge is -2.01. The van der Waals surface area contributed by atoms with E-state index in [4.69, 9.17) is 0 Å². The molecule has 0 atom stereocenters. The second-order valence-corrected chi connectivity index (χ2v) is 5.22. The van der Waals surface area contributed by atoms with Crippen LogP contribution < -0.4 is 5.43 Å². The first-order chi connectivity index (χ1) is 10.1. The van der Waals surface area contributed by atoms with Gasteiger partial charge in [0.05, 0.1) is 6.21 Å². The largest absolute Gasteiger partial charge is 0.507 e. The summed E-state index contributed by atoms with van der Waals surface area (Å²) in [5.74, 6) is 1.40. The fourth-order valence-electron chi connectivity index (χ4n) is 1.75. The molecule has 2 aromatic heterocycles. The van der Waals surface area contributed by atoms with Crippen molar-refractivity contribution < 1.29 is 5.11 Å². The number of hydrogen-bond acceptors (Lipinski definition) is 6. The minimum atomic E-state index is 0.154. The number of aryl methyl sites for hydroxylation is 1. The fraction of sp³-hybridized carbons (Fsp3) is 0.0769. The highest BCUT2D eigenvalue weighted by molar-refractivity contribution is 9.10. The summed E-state index contributed by atoms with van der Waals surface area (Å²) < 4.78 is 2.48. The van der Waals surface area contributed by atoms with Crippen molar-refractivity contribution in [1.29, 1.82) is 0 Å². The number of nitrogens with one attached hydrogen (secondary N) is 1. The molecular weight excluding hydrogens is 336 g/mol. The number of benzene rings is 1. The minimum Gasteiger partial charge on any atom is -0.507 e. The van der Waals surface area contributed by atoms with Gasteiger partial charge in [-0.05, 0) is 37.3 Å². The summed E-state index contributed by atoms with van der Waals surface area (Å²) in [6, 6.07) is 8.66. The predicted molar refractivity (Wildman–Crippen MR) is 82.5 cm³/mol. The number of fused-ring (bicyclic) bond motifs is 1. The molecule has 106 valence electrons. The Morgan fingerprint density at radius 1 is 1.29 bits per heavy atom. The monoisotopic (exact) mass is 346 g/mol. The lowest BCUT2D eigenvalue weighted by Crippen LogP contribution is -2.00. The number of anilines is 1. The van der Waals surface area contributed by atoms with Gasteiger partial charge in [0.25, 0.3) is 0 Å². The maximum Gasteiger partial charge on any atom is 0.178 e. The van der Waals surface area contributed by atoms with Gasteiger partial charge in [0.2, 0.25) is 0 Å². The van der Waals surface area contributed by atoms with Gasteiger partial charge in [-0.3, -0.25) is 5.43 Å². The molecule has 2 heterocycles. The molecule has 0 saturated heterocycles. The molecule has 0 unspecified atom stereocenters. The Bertz CT molecular complexity index is 829. The highest BCUT2D eigenvalue weighted by atomic mass is 79.9. The molecule has 0 radical (unpaired) electrons. The average molecular weight is 347 g/mol. The number of hydrogen-bond donors (Lipinski definition) is 2. The van der Waals surface area contributed by atoms with E-state index in [2.05, 4.69) is 41.8 Å². The van der Waals surface area contributed by atoms with Gasteiger partial charge in [-0.15, -0.1) is 15.3 Å². The molecule has 0 saturated carbocycles. The third-order valence-electron chi connectivity index (χ3n) is 2.79. The van der Waals surface area contributed by atoms with Crippen LogP contribution in [0.3, 0.4) is 0 Å². The summed E-state index contributed by atoms with van der Waals surface area (Å²) in [6.45, 7) is 1.82. The Balaban J connectivity index is 1.80. The van der Waals surface area contributed by atoms with E-state index in [-0.39, 0.29) is 5.75 Å². The number of rotatable bonds is 3. The van der Waals surface area contributed by atoms with E-state index >= 15 is 0 Å². The molecular formula is C13H11BrN6O. The van der Waals surface area contributed by atoms with Crippen molar-refractivity contribution in [3.8, 4) is 5.75 Å². The van der Waals surface area contributed by atoms with Crippen LogP contribution in [0.15, 0.2) is 39.9 Å². The Kier molecular flexibility index (Phi) is 3.53. The molecule has 0 bridgehead atoms. The molecule has 21 heavy (non-hydrogen) atoms. The van der Waals surface area contributed by atoms with Crippen LogP contribution >= 0.6 is 15.9 Å². The molecule has 7 nitrogen and oxygen atoms in total. The SMILES string of the molecule is Cc1nnc2ccc(N/N=C\c3cc(Br)ccc3O)nn12. The van der Waals surface area contributed by atoms with Gasteiger partial charge >= 0.3 is 0 Å². The summed E-state index contributed by atoms with van der Waals surface area (Å²) in [6.07, 6.45) is 1.52. The molecule has 0 aliphatic carbocycles. The number of phenolic OH excluding ortho intramolecular Hbond substituents is 1. The molecule has 0 spiro atoms. The van der Waals surface area contributed by atoms with Crippen molar-refractivity contribution >= 4 is 33.6 Å². The van der Waals surface area contributed by atoms with Crippen LogP contribution in [0.25, 0.3) is 5.65 Å². The van der Waals surface area contributed by atoms with E-state index in [9.17, 15) is 5.11 Å². The summed E-state index contributed by atoms with van der Waals surface area (Å²) in [5, 5.41) is 26.0. The number of hydrazone groups is 1. The maximum absolute atomic E-state index is 9.71. The number of phenols is 1. The molecule has 0 aliphatic rings. The second kappa shape index (κ2) is 5.49. The van der Waals surface area contributed by atoms with E-state index < -0.39 is 0 Å². The van der Waals surface area contributed by atoms with Crippen molar-refractivity contribution in [2.24, 2.45) is 5.10 Å². The third-order valence-corrected chi connectivity index (χ3v) is 3.28. The quantitative estimate of drug-likeness (QED) is 0.561. The van der Waals surface area contributed by atoms with Gasteiger partial charge < -0.3 is 5.11 Å². The van der Waals surface area contributed by atoms with Gasteiger partial charge in [-0.25, -0.2) is 0 Å². The van der Waals surface area contributed by atoms with Crippen LogP contribution in [0, 0.1) is 6.92 Å². The third kappa shape index (κ3) is 2.84. The van der Waals surface area contributed by atoms with Crippen molar-refractivity contribution in [2.45, 2.75) is 6.92 Å². The lowest BCUT2D eigenvalue weighted by atomic mass is 10.2. The molecule has 3 aromatic rings. The van der Waals surface area contributed by atoms with Crippen LogP contribution in [0.1, 0.15) is 11.4 Å². The lowest BCUT2D eigenvalue weighted by molar-refractivity contribution is 0.474. The number of aromatic nitrogens is 4. The zero-order chi connectivity index (χ0) is 14.8. The molecule has 3 rings (SSSR count). The van der Waals surface area contributed by atoms with E-state index in [0.29, 0.717) is 22.9 Å². The zero-order valence-corrected chi connectivity index (χ0v) is 12.6.